The second-order valence-corrected chi connectivity index (χ2v) is 10.9. The third-order valence-corrected chi connectivity index (χ3v) is 7.38. The highest BCUT2D eigenvalue weighted by molar-refractivity contribution is 7.19. The van der Waals surface area contributed by atoms with E-state index in [2.05, 4.69) is 34.3 Å². The lowest BCUT2D eigenvalue weighted by Crippen LogP contribution is -2.33. The van der Waals surface area contributed by atoms with Crippen LogP contribution in [0, 0.1) is 12.8 Å². The minimum atomic E-state index is -0.717. The molecule has 172 valence electrons. The number of nitrogens with zero attached hydrogens (tertiary/aromatic N) is 4. The first kappa shape index (κ1) is 23.5. The second-order valence-electron chi connectivity index (χ2n) is 8.19. The van der Waals surface area contributed by atoms with Gasteiger partial charge in [-0.3, -0.25) is 19.5 Å². The second kappa shape index (κ2) is 9.70. The Hall–Kier alpha value is -2.62. The summed E-state index contributed by atoms with van der Waals surface area (Å²) in [6.45, 7) is 8.04. The van der Waals surface area contributed by atoms with Crippen LogP contribution in [0.2, 0.25) is 5.02 Å². The Kier molecular flexibility index (Phi) is 6.92. The quantitative estimate of drug-likeness (QED) is 0.349. The highest BCUT2D eigenvalue weighted by Crippen LogP contribution is 2.36. The molecule has 1 aromatic carbocycles. The molecule has 1 atom stereocenters. The van der Waals surface area contributed by atoms with E-state index in [4.69, 9.17) is 11.6 Å². The molecule has 7 nitrogen and oxygen atoms in total. The molecule has 0 aliphatic carbocycles. The van der Waals surface area contributed by atoms with Gasteiger partial charge in [-0.05, 0) is 37.0 Å². The zero-order chi connectivity index (χ0) is 23.7. The van der Waals surface area contributed by atoms with Crippen molar-refractivity contribution >= 4 is 55.5 Å². The Labute approximate surface area is 204 Å². The van der Waals surface area contributed by atoms with Gasteiger partial charge in [0, 0.05) is 21.9 Å². The molecule has 0 fully saturated rings. The predicted molar refractivity (Wildman–Crippen MR) is 135 cm³/mol. The monoisotopic (exact) mass is 501 g/mol. The molecular weight excluding hydrogens is 478 g/mol. The number of rotatable bonds is 7. The summed E-state index contributed by atoms with van der Waals surface area (Å²) in [6.07, 6.45) is 2.69. The van der Waals surface area contributed by atoms with Crippen molar-refractivity contribution in [3.8, 4) is 11.1 Å². The number of halogens is 1. The first-order valence-corrected chi connectivity index (χ1v) is 12.7. The molecule has 1 amide bonds. The zero-order valence-electron chi connectivity index (χ0n) is 18.8. The highest BCUT2D eigenvalue weighted by Gasteiger charge is 2.24. The van der Waals surface area contributed by atoms with E-state index in [9.17, 15) is 9.59 Å². The summed E-state index contributed by atoms with van der Waals surface area (Å²) in [6, 6.07) is 6.66. The minimum absolute atomic E-state index is 0.242. The van der Waals surface area contributed by atoms with Crippen LogP contribution < -0.4 is 10.9 Å². The molecule has 0 spiro atoms. The summed E-state index contributed by atoms with van der Waals surface area (Å²) < 4.78 is 1.42. The molecule has 0 aliphatic rings. The van der Waals surface area contributed by atoms with Gasteiger partial charge in [-0.25, -0.2) is 4.98 Å². The third-order valence-electron chi connectivity index (χ3n) is 5.25. The standard InChI is InChI=1S/C23H24ClN5O2S2/c1-5-16(20(30)26-23-28-27-17(33-23)10-12(2)3)29-11-25-21-19(22(29)31)18(13(4)32-21)14-6-8-15(24)9-7-14/h6-9,11-12,16H,5,10H2,1-4H3,(H,26,28,30). The van der Waals surface area contributed by atoms with Crippen molar-refractivity contribution in [2.45, 2.75) is 46.6 Å². The number of amides is 1. The van der Waals surface area contributed by atoms with E-state index >= 15 is 0 Å². The maximum absolute atomic E-state index is 13.6. The van der Waals surface area contributed by atoms with Gasteiger partial charge in [-0.2, -0.15) is 0 Å². The average molecular weight is 502 g/mol. The van der Waals surface area contributed by atoms with Gasteiger partial charge in [0.1, 0.15) is 15.9 Å². The molecular formula is C23H24ClN5O2S2. The molecule has 10 heteroatoms. The summed E-state index contributed by atoms with van der Waals surface area (Å²) in [7, 11) is 0. The van der Waals surface area contributed by atoms with Crippen LogP contribution in [0.15, 0.2) is 35.4 Å². The van der Waals surface area contributed by atoms with Gasteiger partial charge >= 0.3 is 0 Å². The Morgan fingerprint density at radius 2 is 1.91 bits per heavy atom. The first-order valence-electron chi connectivity index (χ1n) is 10.7. The molecule has 1 N–H and O–H groups in total. The van der Waals surface area contributed by atoms with Crippen molar-refractivity contribution in [1.29, 1.82) is 0 Å². The lowest BCUT2D eigenvalue weighted by atomic mass is 10.0. The lowest BCUT2D eigenvalue weighted by Gasteiger charge is -2.16. The molecule has 4 rings (SSSR count). The zero-order valence-corrected chi connectivity index (χ0v) is 21.1. The largest absolute Gasteiger partial charge is 0.299 e. The molecule has 33 heavy (non-hydrogen) atoms. The van der Waals surface area contributed by atoms with Gasteiger partial charge in [-0.1, -0.05) is 55.8 Å². The maximum Gasteiger partial charge on any atom is 0.263 e. The smallest absolute Gasteiger partial charge is 0.263 e. The summed E-state index contributed by atoms with van der Waals surface area (Å²) >= 11 is 8.87. The van der Waals surface area contributed by atoms with Gasteiger partial charge < -0.3 is 0 Å². The number of aryl methyl sites for hydroxylation is 1. The first-order chi connectivity index (χ1) is 15.8. The fraction of sp³-hybridized carbons (Fsp3) is 0.348. The van der Waals surface area contributed by atoms with E-state index < -0.39 is 6.04 Å². The number of carbonyl (C=O) groups is 1. The number of hydrogen-bond donors (Lipinski definition) is 1. The van der Waals surface area contributed by atoms with Crippen molar-refractivity contribution in [1.82, 2.24) is 19.7 Å². The van der Waals surface area contributed by atoms with E-state index in [0.29, 0.717) is 32.7 Å². The molecule has 3 aromatic heterocycles. The fourth-order valence-corrected chi connectivity index (χ4v) is 5.82. The summed E-state index contributed by atoms with van der Waals surface area (Å²) in [4.78, 5) is 32.8. The molecule has 0 saturated heterocycles. The number of benzene rings is 1. The van der Waals surface area contributed by atoms with Gasteiger partial charge in [0.2, 0.25) is 11.0 Å². The van der Waals surface area contributed by atoms with Crippen LogP contribution in [-0.4, -0.2) is 25.7 Å². The Balaban J connectivity index is 1.70. The summed E-state index contributed by atoms with van der Waals surface area (Å²) in [5.41, 5.74) is 1.48. The molecule has 0 bridgehead atoms. The summed E-state index contributed by atoms with van der Waals surface area (Å²) in [5.74, 6) is 0.137. The third kappa shape index (κ3) is 4.85. The van der Waals surface area contributed by atoms with Crippen LogP contribution in [0.1, 0.15) is 43.1 Å². The van der Waals surface area contributed by atoms with Crippen LogP contribution in [0.25, 0.3) is 21.3 Å². The topological polar surface area (TPSA) is 89.8 Å². The van der Waals surface area contributed by atoms with E-state index in [1.807, 2.05) is 26.0 Å². The number of fused-ring (bicyclic) bond motifs is 1. The van der Waals surface area contributed by atoms with E-state index in [0.717, 1.165) is 27.4 Å². The molecule has 0 aliphatic heterocycles. The number of anilines is 1. The van der Waals surface area contributed by atoms with Crippen molar-refractivity contribution in [2.24, 2.45) is 5.92 Å². The van der Waals surface area contributed by atoms with Gasteiger partial charge in [-0.15, -0.1) is 21.5 Å². The van der Waals surface area contributed by atoms with Crippen LogP contribution in [0.4, 0.5) is 5.13 Å². The Bertz CT molecular complexity index is 1360. The predicted octanol–water partition coefficient (Wildman–Crippen LogP) is 5.73. The van der Waals surface area contributed by atoms with Crippen molar-refractivity contribution in [3.05, 3.63) is 55.9 Å². The number of nitrogens with one attached hydrogen (secondary N) is 1. The fourth-order valence-electron chi connectivity index (χ4n) is 3.73. The van der Waals surface area contributed by atoms with Crippen LogP contribution >= 0.6 is 34.3 Å². The molecule has 1 unspecified atom stereocenters. The SMILES string of the molecule is CCC(C(=O)Nc1nnc(CC(C)C)s1)n1cnc2sc(C)c(-c3ccc(Cl)cc3)c2c1=O. The van der Waals surface area contributed by atoms with E-state index in [1.165, 1.54) is 33.6 Å². The van der Waals surface area contributed by atoms with E-state index in [1.54, 1.807) is 12.1 Å². The molecule has 0 saturated carbocycles. The normalized spacial score (nSPS) is 12.4. The van der Waals surface area contributed by atoms with Crippen LogP contribution in [0.3, 0.4) is 0 Å². The number of carbonyl (C=O) groups excluding carboxylic acids is 1. The Morgan fingerprint density at radius 3 is 2.58 bits per heavy atom. The number of hydrogen-bond acceptors (Lipinski definition) is 7. The maximum atomic E-state index is 13.6. The molecule has 4 aromatic rings. The number of aromatic nitrogens is 4. The molecule has 3 heterocycles. The summed E-state index contributed by atoms with van der Waals surface area (Å²) in [5, 5.41) is 13.5. The lowest BCUT2D eigenvalue weighted by molar-refractivity contribution is -0.119. The van der Waals surface area contributed by atoms with Gasteiger partial charge in [0.15, 0.2) is 0 Å². The molecule has 0 radical (unpaired) electrons. The highest BCUT2D eigenvalue weighted by atomic mass is 35.5. The van der Waals surface area contributed by atoms with Crippen molar-refractivity contribution < 1.29 is 4.79 Å². The van der Waals surface area contributed by atoms with Crippen molar-refractivity contribution in [3.63, 3.8) is 0 Å². The van der Waals surface area contributed by atoms with Gasteiger partial charge in [0.25, 0.3) is 5.56 Å². The average Bonchev–Trinajstić information content (AvgIpc) is 3.34. The Morgan fingerprint density at radius 1 is 1.18 bits per heavy atom. The van der Waals surface area contributed by atoms with Crippen LogP contribution in [-0.2, 0) is 11.2 Å². The van der Waals surface area contributed by atoms with Crippen LogP contribution in [0.5, 0.6) is 0 Å². The van der Waals surface area contributed by atoms with Crippen molar-refractivity contribution in [2.75, 3.05) is 5.32 Å². The van der Waals surface area contributed by atoms with E-state index in [-0.39, 0.29) is 11.5 Å². The minimum Gasteiger partial charge on any atom is -0.299 e. The number of thiophene rings is 1. The van der Waals surface area contributed by atoms with Gasteiger partial charge in [0.05, 0.1) is 11.7 Å².